The van der Waals surface area contributed by atoms with Crippen molar-refractivity contribution < 1.29 is 0 Å². The molecule has 92 valence electrons. The highest BCUT2D eigenvalue weighted by atomic mass is 32.2. The Kier molecular flexibility index (Phi) is 5.62. The normalized spacial score (nSPS) is 12.8. The average Bonchev–Trinajstić information content (AvgIpc) is 2.69. The zero-order chi connectivity index (χ0) is 12.0. The Balaban J connectivity index is 2.78. The SMILES string of the molecule is CCNc1nnc([C@H](N)CCSC)n1CC. The van der Waals surface area contributed by atoms with Gasteiger partial charge >= 0.3 is 0 Å². The fourth-order valence-corrected chi connectivity index (χ4v) is 2.05. The predicted molar refractivity (Wildman–Crippen MR) is 69.8 cm³/mol. The third-order valence-corrected chi connectivity index (χ3v) is 3.04. The zero-order valence-corrected chi connectivity index (χ0v) is 11.0. The molecule has 0 saturated heterocycles. The number of anilines is 1. The molecule has 1 aromatic rings. The molecule has 0 spiro atoms. The van der Waals surface area contributed by atoms with Crippen LogP contribution in [0.1, 0.15) is 32.1 Å². The third kappa shape index (κ3) is 3.12. The number of rotatable bonds is 7. The van der Waals surface area contributed by atoms with E-state index in [9.17, 15) is 0 Å². The standard InChI is InChI=1S/C10H21N5S/c1-4-12-10-14-13-9(15(10)5-2)8(11)6-7-16-3/h8H,4-7,11H2,1-3H3,(H,12,14)/t8-/m1/s1. The number of hydrogen-bond donors (Lipinski definition) is 2. The molecule has 1 aromatic heterocycles. The average molecular weight is 243 g/mol. The molecule has 5 nitrogen and oxygen atoms in total. The van der Waals surface area contributed by atoms with Crippen molar-refractivity contribution in [3.8, 4) is 0 Å². The second-order valence-corrected chi connectivity index (χ2v) is 4.53. The minimum absolute atomic E-state index is 0.0210. The van der Waals surface area contributed by atoms with Gasteiger partial charge in [0.1, 0.15) is 0 Å². The van der Waals surface area contributed by atoms with E-state index in [-0.39, 0.29) is 6.04 Å². The monoisotopic (exact) mass is 243 g/mol. The number of nitrogens with two attached hydrogens (primary N) is 1. The fourth-order valence-electron chi connectivity index (χ4n) is 1.56. The molecule has 0 unspecified atom stereocenters. The largest absolute Gasteiger partial charge is 0.355 e. The molecule has 3 N–H and O–H groups in total. The topological polar surface area (TPSA) is 68.8 Å². The molecule has 1 rings (SSSR count). The highest BCUT2D eigenvalue weighted by molar-refractivity contribution is 7.98. The van der Waals surface area contributed by atoms with E-state index in [0.717, 1.165) is 37.0 Å². The van der Waals surface area contributed by atoms with Crippen molar-refractivity contribution in [3.63, 3.8) is 0 Å². The van der Waals surface area contributed by atoms with Crippen molar-refractivity contribution in [2.45, 2.75) is 32.9 Å². The highest BCUT2D eigenvalue weighted by Crippen LogP contribution is 2.17. The maximum atomic E-state index is 6.10. The smallest absolute Gasteiger partial charge is 0.224 e. The van der Waals surface area contributed by atoms with Crippen LogP contribution in [-0.2, 0) is 6.54 Å². The van der Waals surface area contributed by atoms with Gasteiger partial charge < -0.3 is 11.1 Å². The van der Waals surface area contributed by atoms with Gasteiger partial charge in [-0.05, 0) is 32.3 Å². The molecular weight excluding hydrogens is 222 g/mol. The molecule has 0 aliphatic carbocycles. The lowest BCUT2D eigenvalue weighted by Gasteiger charge is -2.12. The van der Waals surface area contributed by atoms with E-state index in [1.54, 1.807) is 11.8 Å². The van der Waals surface area contributed by atoms with Crippen LogP contribution >= 0.6 is 11.8 Å². The molecular formula is C10H21N5S. The summed E-state index contributed by atoms with van der Waals surface area (Å²) in [7, 11) is 0. The summed E-state index contributed by atoms with van der Waals surface area (Å²) in [4.78, 5) is 0. The van der Waals surface area contributed by atoms with Gasteiger partial charge in [-0.3, -0.25) is 4.57 Å². The lowest BCUT2D eigenvalue weighted by atomic mass is 10.2. The van der Waals surface area contributed by atoms with Crippen LogP contribution in [0.15, 0.2) is 0 Å². The first-order valence-electron chi connectivity index (χ1n) is 5.66. The van der Waals surface area contributed by atoms with Crippen molar-refractivity contribution in [3.05, 3.63) is 5.82 Å². The Labute approximate surface area is 101 Å². The fraction of sp³-hybridized carbons (Fsp3) is 0.800. The van der Waals surface area contributed by atoms with Crippen LogP contribution in [0.5, 0.6) is 0 Å². The molecule has 0 saturated carbocycles. The molecule has 6 heteroatoms. The van der Waals surface area contributed by atoms with Gasteiger partial charge in [0.15, 0.2) is 5.82 Å². The van der Waals surface area contributed by atoms with Gasteiger partial charge in [-0.2, -0.15) is 11.8 Å². The number of nitrogens with one attached hydrogen (secondary N) is 1. The maximum absolute atomic E-state index is 6.10. The van der Waals surface area contributed by atoms with E-state index < -0.39 is 0 Å². The summed E-state index contributed by atoms with van der Waals surface area (Å²) >= 11 is 1.80. The lowest BCUT2D eigenvalue weighted by Crippen LogP contribution is -2.18. The summed E-state index contributed by atoms with van der Waals surface area (Å²) < 4.78 is 2.05. The van der Waals surface area contributed by atoms with Crippen LogP contribution in [0.4, 0.5) is 5.95 Å². The molecule has 0 bridgehead atoms. The summed E-state index contributed by atoms with van der Waals surface area (Å²) in [5.74, 6) is 2.75. The van der Waals surface area contributed by atoms with E-state index in [4.69, 9.17) is 5.73 Å². The van der Waals surface area contributed by atoms with Crippen molar-refractivity contribution in [2.24, 2.45) is 5.73 Å². The molecule has 1 heterocycles. The Hall–Kier alpha value is -0.750. The van der Waals surface area contributed by atoms with Gasteiger partial charge in [-0.1, -0.05) is 0 Å². The summed E-state index contributed by atoms with van der Waals surface area (Å²) in [5.41, 5.74) is 6.10. The van der Waals surface area contributed by atoms with Gasteiger partial charge in [0.2, 0.25) is 5.95 Å². The first kappa shape index (κ1) is 13.3. The van der Waals surface area contributed by atoms with E-state index >= 15 is 0 Å². The molecule has 0 aliphatic heterocycles. The van der Waals surface area contributed by atoms with Crippen molar-refractivity contribution in [2.75, 3.05) is 23.9 Å². The van der Waals surface area contributed by atoms with Crippen LogP contribution in [0.25, 0.3) is 0 Å². The maximum Gasteiger partial charge on any atom is 0.224 e. The summed E-state index contributed by atoms with van der Waals surface area (Å²) in [5, 5.41) is 11.5. The van der Waals surface area contributed by atoms with E-state index in [1.165, 1.54) is 0 Å². The molecule has 16 heavy (non-hydrogen) atoms. The molecule has 0 aromatic carbocycles. The van der Waals surface area contributed by atoms with Gasteiger partial charge in [-0.25, -0.2) is 0 Å². The van der Waals surface area contributed by atoms with Crippen LogP contribution in [-0.4, -0.2) is 33.3 Å². The number of hydrogen-bond acceptors (Lipinski definition) is 5. The van der Waals surface area contributed by atoms with Crippen molar-refractivity contribution in [1.29, 1.82) is 0 Å². The van der Waals surface area contributed by atoms with Crippen molar-refractivity contribution >= 4 is 17.7 Å². The summed E-state index contributed by atoms with van der Waals surface area (Å²) in [6.45, 7) is 5.81. The Morgan fingerprint density at radius 3 is 2.75 bits per heavy atom. The van der Waals surface area contributed by atoms with E-state index in [0.29, 0.717) is 0 Å². The lowest BCUT2D eigenvalue weighted by molar-refractivity contribution is 0.593. The van der Waals surface area contributed by atoms with Gasteiger partial charge in [-0.15, -0.1) is 10.2 Å². The summed E-state index contributed by atoms with van der Waals surface area (Å²) in [6.07, 6.45) is 3.02. The number of nitrogens with zero attached hydrogens (tertiary/aromatic N) is 3. The van der Waals surface area contributed by atoms with Gasteiger partial charge in [0, 0.05) is 13.1 Å². The summed E-state index contributed by atoms with van der Waals surface area (Å²) in [6, 6.07) is -0.0210. The molecule has 1 atom stereocenters. The Morgan fingerprint density at radius 2 is 2.19 bits per heavy atom. The minimum atomic E-state index is -0.0210. The van der Waals surface area contributed by atoms with Gasteiger partial charge in [0.05, 0.1) is 6.04 Å². The van der Waals surface area contributed by atoms with E-state index in [2.05, 4.69) is 33.3 Å². The molecule has 0 radical (unpaired) electrons. The predicted octanol–water partition coefficient (Wildman–Crippen LogP) is 1.48. The highest BCUT2D eigenvalue weighted by Gasteiger charge is 2.16. The van der Waals surface area contributed by atoms with Crippen LogP contribution in [0.2, 0.25) is 0 Å². The second kappa shape index (κ2) is 6.75. The van der Waals surface area contributed by atoms with Crippen molar-refractivity contribution in [1.82, 2.24) is 14.8 Å². The van der Waals surface area contributed by atoms with Crippen LogP contribution in [0.3, 0.4) is 0 Å². The molecule has 0 amide bonds. The first-order chi connectivity index (χ1) is 7.74. The quantitative estimate of drug-likeness (QED) is 0.759. The van der Waals surface area contributed by atoms with Crippen LogP contribution in [0, 0.1) is 0 Å². The Morgan fingerprint density at radius 1 is 1.44 bits per heavy atom. The van der Waals surface area contributed by atoms with Crippen LogP contribution < -0.4 is 11.1 Å². The second-order valence-electron chi connectivity index (χ2n) is 3.54. The minimum Gasteiger partial charge on any atom is -0.355 e. The Bertz CT molecular complexity index is 312. The number of thioether (sulfide) groups is 1. The number of aromatic nitrogens is 3. The zero-order valence-electron chi connectivity index (χ0n) is 10.2. The van der Waals surface area contributed by atoms with E-state index in [1.807, 2.05) is 6.92 Å². The molecule has 0 fully saturated rings. The van der Waals surface area contributed by atoms with Gasteiger partial charge in [0.25, 0.3) is 0 Å². The first-order valence-corrected chi connectivity index (χ1v) is 7.05. The molecule has 0 aliphatic rings. The third-order valence-electron chi connectivity index (χ3n) is 2.40.